The van der Waals surface area contributed by atoms with Gasteiger partial charge >= 0.3 is 0 Å². The van der Waals surface area contributed by atoms with Crippen molar-refractivity contribution in [1.82, 2.24) is 9.21 Å². The van der Waals surface area contributed by atoms with Crippen molar-refractivity contribution in [2.75, 3.05) is 26.2 Å². The monoisotopic (exact) mass is 337 g/mol. The van der Waals surface area contributed by atoms with Gasteiger partial charge in [0.2, 0.25) is 15.9 Å². The Labute approximate surface area is 137 Å². The first-order chi connectivity index (χ1) is 10.9. The van der Waals surface area contributed by atoms with Crippen LogP contribution in [0.3, 0.4) is 0 Å². The molecule has 0 atom stereocenters. The van der Waals surface area contributed by atoms with Crippen LogP contribution < -0.4 is 5.73 Å². The molecule has 6 nitrogen and oxygen atoms in total. The Morgan fingerprint density at radius 1 is 1.13 bits per heavy atom. The molecule has 0 bridgehead atoms. The number of aryl methyl sites for hydroxylation is 1. The number of nitrogens with two attached hydrogens (primary N) is 1. The maximum absolute atomic E-state index is 12.5. The number of sulfonamides is 1. The summed E-state index contributed by atoms with van der Waals surface area (Å²) in [7, 11) is -3.38. The molecule has 2 saturated heterocycles. The number of carbonyl (C=O) groups is 1. The van der Waals surface area contributed by atoms with E-state index in [0.717, 1.165) is 31.5 Å². The first-order valence-electron chi connectivity index (χ1n) is 7.98. The van der Waals surface area contributed by atoms with Gasteiger partial charge in [-0.15, -0.1) is 0 Å². The lowest BCUT2D eigenvalue weighted by Crippen LogP contribution is -2.62. The maximum Gasteiger partial charge on any atom is 0.243 e. The van der Waals surface area contributed by atoms with Gasteiger partial charge in [0, 0.05) is 25.0 Å². The number of nitrogens with zero attached hydrogens (tertiary/aromatic N) is 2. The lowest BCUT2D eigenvalue weighted by molar-refractivity contribution is -0.123. The van der Waals surface area contributed by atoms with Crippen molar-refractivity contribution < 1.29 is 13.2 Å². The van der Waals surface area contributed by atoms with Crippen molar-refractivity contribution >= 4 is 15.9 Å². The molecule has 1 aromatic carbocycles. The predicted octanol–water partition coefficient (Wildman–Crippen LogP) is 0.565. The second kappa shape index (κ2) is 6.22. The van der Waals surface area contributed by atoms with E-state index in [1.165, 1.54) is 4.31 Å². The molecular formula is C16H23N3O3S. The summed E-state index contributed by atoms with van der Waals surface area (Å²) in [4.78, 5) is 13.8. The Kier molecular flexibility index (Phi) is 4.44. The number of benzene rings is 1. The van der Waals surface area contributed by atoms with Crippen LogP contribution in [0, 0.1) is 12.8 Å². The summed E-state index contributed by atoms with van der Waals surface area (Å²) in [6.45, 7) is 4.62. The van der Waals surface area contributed by atoms with Crippen molar-refractivity contribution in [2.24, 2.45) is 11.7 Å². The number of amides is 1. The minimum absolute atomic E-state index is 0.0290. The van der Waals surface area contributed by atoms with Gasteiger partial charge in [0.25, 0.3) is 0 Å². The minimum atomic E-state index is -3.38. The van der Waals surface area contributed by atoms with E-state index in [1.54, 1.807) is 12.1 Å². The first kappa shape index (κ1) is 16.4. The Balaban J connectivity index is 1.57. The highest BCUT2D eigenvalue weighted by molar-refractivity contribution is 7.89. The van der Waals surface area contributed by atoms with Crippen molar-refractivity contribution in [3.8, 4) is 0 Å². The molecular weight excluding hydrogens is 314 g/mol. The smallest absolute Gasteiger partial charge is 0.243 e. The third kappa shape index (κ3) is 3.27. The molecule has 2 aliphatic heterocycles. The standard InChI is InChI=1S/C16H23N3O3S/c1-12-2-4-15(5-3-12)23(21,22)19-10-14(11-19)18-8-6-13(7-9-18)16(17)20/h2-5,13-14H,6-11H2,1H3,(H2,17,20). The maximum atomic E-state index is 12.5. The molecule has 0 radical (unpaired) electrons. The number of primary amides is 1. The molecule has 2 heterocycles. The van der Waals surface area contributed by atoms with Crippen LogP contribution in [-0.2, 0) is 14.8 Å². The Morgan fingerprint density at radius 2 is 1.70 bits per heavy atom. The van der Waals surface area contributed by atoms with Crippen LogP contribution in [0.1, 0.15) is 18.4 Å². The number of piperidine rings is 1. The third-order valence-electron chi connectivity index (χ3n) is 4.94. The molecule has 7 heteroatoms. The van der Waals surface area contributed by atoms with E-state index in [0.29, 0.717) is 18.0 Å². The lowest BCUT2D eigenvalue weighted by atomic mass is 9.94. The van der Waals surface area contributed by atoms with Gasteiger partial charge < -0.3 is 5.73 Å². The summed E-state index contributed by atoms with van der Waals surface area (Å²) < 4.78 is 26.6. The van der Waals surface area contributed by atoms with Crippen LogP contribution in [-0.4, -0.2) is 55.8 Å². The highest BCUT2D eigenvalue weighted by Crippen LogP contribution is 2.27. The molecule has 2 N–H and O–H groups in total. The van der Waals surface area contributed by atoms with Crippen LogP contribution in [0.15, 0.2) is 29.2 Å². The normalized spacial score (nSPS) is 22.0. The van der Waals surface area contributed by atoms with E-state index in [-0.39, 0.29) is 17.9 Å². The highest BCUT2D eigenvalue weighted by atomic mass is 32.2. The molecule has 126 valence electrons. The first-order valence-corrected chi connectivity index (χ1v) is 9.42. The second-order valence-electron chi connectivity index (χ2n) is 6.50. The molecule has 1 amide bonds. The Bertz CT molecular complexity index is 673. The summed E-state index contributed by atoms with van der Waals surface area (Å²) in [5, 5.41) is 0. The fourth-order valence-electron chi connectivity index (χ4n) is 3.25. The van der Waals surface area contributed by atoms with Gasteiger partial charge in [-0.1, -0.05) is 17.7 Å². The molecule has 0 aromatic heterocycles. The molecule has 0 aliphatic carbocycles. The Morgan fingerprint density at radius 3 is 2.22 bits per heavy atom. The molecule has 0 unspecified atom stereocenters. The number of hydrogen-bond donors (Lipinski definition) is 1. The fourth-order valence-corrected chi connectivity index (χ4v) is 4.77. The van der Waals surface area contributed by atoms with Crippen molar-refractivity contribution in [1.29, 1.82) is 0 Å². The number of carbonyl (C=O) groups excluding carboxylic acids is 1. The fraction of sp³-hybridized carbons (Fsp3) is 0.562. The zero-order chi connectivity index (χ0) is 16.6. The second-order valence-corrected chi connectivity index (χ2v) is 8.44. The number of rotatable bonds is 4. The van der Waals surface area contributed by atoms with Crippen LogP contribution in [0.25, 0.3) is 0 Å². The van der Waals surface area contributed by atoms with Crippen molar-refractivity contribution in [3.63, 3.8) is 0 Å². The molecule has 0 spiro atoms. The molecule has 0 saturated carbocycles. The van der Waals surface area contributed by atoms with Gasteiger partial charge in [-0.05, 0) is 45.0 Å². The third-order valence-corrected chi connectivity index (χ3v) is 6.78. The van der Waals surface area contributed by atoms with E-state index in [1.807, 2.05) is 19.1 Å². The minimum Gasteiger partial charge on any atom is -0.369 e. The van der Waals surface area contributed by atoms with Gasteiger partial charge in [0.1, 0.15) is 0 Å². The van der Waals surface area contributed by atoms with Crippen molar-refractivity contribution in [3.05, 3.63) is 29.8 Å². The average molecular weight is 337 g/mol. The van der Waals surface area contributed by atoms with Gasteiger partial charge in [-0.3, -0.25) is 9.69 Å². The molecule has 2 fully saturated rings. The van der Waals surface area contributed by atoms with Crippen molar-refractivity contribution in [2.45, 2.75) is 30.7 Å². The zero-order valence-corrected chi connectivity index (χ0v) is 14.1. The summed E-state index contributed by atoms with van der Waals surface area (Å²) in [6, 6.07) is 7.22. The van der Waals surface area contributed by atoms with E-state index < -0.39 is 10.0 Å². The SMILES string of the molecule is Cc1ccc(S(=O)(=O)N2CC(N3CCC(C(N)=O)CC3)C2)cc1. The summed E-state index contributed by atoms with van der Waals surface area (Å²) in [5.41, 5.74) is 6.39. The van der Waals surface area contributed by atoms with Gasteiger partial charge in [-0.25, -0.2) is 8.42 Å². The summed E-state index contributed by atoms with van der Waals surface area (Å²) >= 11 is 0. The van der Waals surface area contributed by atoms with Crippen LogP contribution in [0.5, 0.6) is 0 Å². The van der Waals surface area contributed by atoms with Gasteiger partial charge in [-0.2, -0.15) is 4.31 Å². The van der Waals surface area contributed by atoms with E-state index >= 15 is 0 Å². The molecule has 2 aliphatic rings. The summed E-state index contributed by atoms with van der Waals surface area (Å²) in [6.07, 6.45) is 1.55. The van der Waals surface area contributed by atoms with Crippen LogP contribution in [0.4, 0.5) is 0 Å². The lowest BCUT2D eigenvalue weighted by Gasteiger charge is -2.46. The quantitative estimate of drug-likeness (QED) is 0.870. The number of likely N-dealkylation sites (tertiary alicyclic amines) is 1. The molecule has 1 aromatic rings. The predicted molar refractivity (Wildman–Crippen MR) is 87.2 cm³/mol. The zero-order valence-electron chi connectivity index (χ0n) is 13.3. The molecule has 23 heavy (non-hydrogen) atoms. The van der Waals surface area contributed by atoms with E-state index in [9.17, 15) is 13.2 Å². The Hall–Kier alpha value is -1.44. The topological polar surface area (TPSA) is 83.7 Å². The van der Waals surface area contributed by atoms with Gasteiger partial charge in [0.05, 0.1) is 4.90 Å². The highest BCUT2D eigenvalue weighted by Gasteiger charge is 2.40. The van der Waals surface area contributed by atoms with Crippen LogP contribution >= 0.6 is 0 Å². The summed E-state index contributed by atoms with van der Waals surface area (Å²) in [5.74, 6) is -0.249. The van der Waals surface area contributed by atoms with E-state index in [2.05, 4.69) is 4.90 Å². The van der Waals surface area contributed by atoms with E-state index in [4.69, 9.17) is 5.73 Å². The number of hydrogen-bond acceptors (Lipinski definition) is 4. The van der Waals surface area contributed by atoms with Crippen LogP contribution in [0.2, 0.25) is 0 Å². The van der Waals surface area contributed by atoms with Gasteiger partial charge in [0.15, 0.2) is 0 Å². The largest absolute Gasteiger partial charge is 0.369 e. The molecule has 3 rings (SSSR count). The average Bonchev–Trinajstić information content (AvgIpc) is 2.46.